The third-order valence-electron chi connectivity index (χ3n) is 13.2. The van der Waals surface area contributed by atoms with E-state index in [1.165, 1.54) is 36.8 Å². The second-order valence-electron chi connectivity index (χ2n) is 19.3. The standard InChI is InChI=1S/C49H64N4O8/c1-32-27-36(28-35-29-39-48(7)24-16-23-47(5,6)38(48)22-25-49(39,8)40(32)35)60-41(54)37(51-45(57)61-46(2,3)4)21-15-26-50-42(52-43(55)58-30-33-17-11-9-12-18-33)53-44(56)59-31-34-19-13-10-14-20-34/h9-14,17-20,27-28,37-39H,15-16,21-26,29-31H2,1-8H3,(H,51,57)(H2,50,52,53,55,56)/t37?,38?,39-,48+,49-/m1/s1. The van der Waals surface area contributed by atoms with Gasteiger partial charge in [-0.2, -0.15) is 0 Å². The number of nitrogens with zero attached hydrogens (tertiary/aromatic N) is 1. The van der Waals surface area contributed by atoms with Crippen molar-refractivity contribution in [2.24, 2.45) is 27.7 Å². The van der Waals surface area contributed by atoms with Crippen LogP contribution in [0.15, 0.2) is 77.8 Å². The van der Waals surface area contributed by atoms with Crippen molar-refractivity contribution in [3.05, 3.63) is 101 Å². The highest BCUT2D eigenvalue weighted by atomic mass is 16.6. The predicted octanol–water partition coefficient (Wildman–Crippen LogP) is 9.84. The van der Waals surface area contributed by atoms with Crippen molar-refractivity contribution in [2.75, 3.05) is 6.54 Å². The molecule has 0 radical (unpaired) electrons. The summed E-state index contributed by atoms with van der Waals surface area (Å²) < 4.78 is 22.3. The number of hydrogen-bond acceptors (Lipinski definition) is 8. The highest BCUT2D eigenvalue weighted by Gasteiger charge is 2.61. The molecule has 12 nitrogen and oxygen atoms in total. The van der Waals surface area contributed by atoms with E-state index in [-0.39, 0.29) is 49.4 Å². The minimum atomic E-state index is -1.07. The molecule has 328 valence electrons. The van der Waals surface area contributed by atoms with E-state index in [1.807, 2.05) is 72.8 Å². The van der Waals surface area contributed by atoms with Crippen LogP contribution in [0.4, 0.5) is 14.4 Å². The smallest absolute Gasteiger partial charge is 0.437 e. The Bertz CT molecular complexity index is 2080. The van der Waals surface area contributed by atoms with E-state index < -0.39 is 35.9 Å². The summed E-state index contributed by atoms with van der Waals surface area (Å²) in [4.78, 5) is 56.5. The Hall–Kier alpha value is -5.39. The SMILES string of the molecule is Cc1cc(OC(=O)C(CCCN/C(=N/C(=O)OCc2ccccc2)NC(=O)OCc2ccccc2)NC(=O)OC(C)(C)C)cc2c1[C@]1(C)CCC3C(C)(C)CCC[C@]3(C)[C@H]1C2. The molecular formula is C49H64N4O8. The lowest BCUT2D eigenvalue weighted by molar-refractivity contribution is -0.137. The van der Waals surface area contributed by atoms with Crippen molar-refractivity contribution in [3.8, 4) is 5.75 Å². The minimum Gasteiger partial charge on any atom is -0.444 e. The van der Waals surface area contributed by atoms with Crippen LogP contribution in [0.3, 0.4) is 0 Å². The Kier molecular flexibility index (Phi) is 13.8. The molecule has 2 saturated carbocycles. The summed E-state index contributed by atoms with van der Waals surface area (Å²) in [6.07, 6.45) is 4.97. The second-order valence-corrected chi connectivity index (χ2v) is 19.3. The third kappa shape index (κ3) is 11.1. The molecule has 0 aliphatic heterocycles. The van der Waals surface area contributed by atoms with E-state index in [9.17, 15) is 19.2 Å². The molecule has 61 heavy (non-hydrogen) atoms. The van der Waals surface area contributed by atoms with Gasteiger partial charge in [-0.15, -0.1) is 4.99 Å². The van der Waals surface area contributed by atoms with Crippen molar-refractivity contribution in [1.82, 2.24) is 16.0 Å². The summed E-state index contributed by atoms with van der Waals surface area (Å²) >= 11 is 0. The Balaban J connectivity index is 1.13. The summed E-state index contributed by atoms with van der Waals surface area (Å²) in [6.45, 7) is 17.4. The largest absolute Gasteiger partial charge is 0.444 e. The van der Waals surface area contributed by atoms with Gasteiger partial charge in [-0.3, -0.25) is 5.32 Å². The molecule has 3 amide bonds. The van der Waals surface area contributed by atoms with Crippen LogP contribution >= 0.6 is 0 Å². The maximum absolute atomic E-state index is 14.0. The molecule has 0 heterocycles. The molecule has 3 aromatic carbocycles. The number of hydrogen-bond donors (Lipinski definition) is 3. The number of fused-ring (bicyclic) bond motifs is 5. The number of aryl methyl sites for hydroxylation is 1. The van der Waals surface area contributed by atoms with Crippen LogP contribution < -0.4 is 20.7 Å². The molecule has 2 fully saturated rings. The van der Waals surface area contributed by atoms with Gasteiger partial charge in [0.2, 0.25) is 5.96 Å². The molecule has 5 atom stereocenters. The number of carbonyl (C=O) groups excluding carboxylic acids is 4. The number of carbonyl (C=O) groups is 4. The van der Waals surface area contributed by atoms with Crippen molar-refractivity contribution in [2.45, 2.75) is 137 Å². The molecule has 6 rings (SSSR count). The summed E-state index contributed by atoms with van der Waals surface area (Å²) in [5, 5.41) is 8.14. The van der Waals surface area contributed by atoms with Crippen LogP contribution in [-0.4, -0.2) is 48.4 Å². The van der Waals surface area contributed by atoms with E-state index in [4.69, 9.17) is 18.9 Å². The zero-order valence-electron chi connectivity index (χ0n) is 37.2. The monoisotopic (exact) mass is 836 g/mol. The summed E-state index contributed by atoms with van der Waals surface area (Å²) in [5.74, 6) is 0.799. The van der Waals surface area contributed by atoms with Gasteiger partial charge in [0.15, 0.2) is 0 Å². The fourth-order valence-corrected chi connectivity index (χ4v) is 10.7. The first kappa shape index (κ1) is 45.1. The van der Waals surface area contributed by atoms with Crippen LogP contribution in [0.1, 0.15) is 121 Å². The van der Waals surface area contributed by atoms with E-state index in [0.717, 1.165) is 29.5 Å². The van der Waals surface area contributed by atoms with Gasteiger partial charge < -0.3 is 29.6 Å². The van der Waals surface area contributed by atoms with Gasteiger partial charge in [-0.25, -0.2) is 19.2 Å². The highest BCUT2D eigenvalue weighted by molar-refractivity contribution is 5.98. The Labute approximate surface area is 360 Å². The molecule has 0 bridgehead atoms. The number of amides is 3. The van der Waals surface area contributed by atoms with Gasteiger partial charge in [-0.1, -0.05) is 94.8 Å². The van der Waals surface area contributed by atoms with Gasteiger partial charge in [0, 0.05) is 6.54 Å². The van der Waals surface area contributed by atoms with Crippen LogP contribution in [0, 0.1) is 29.6 Å². The van der Waals surface area contributed by atoms with Gasteiger partial charge in [0.1, 0.15) is 30.6 Å². The summed E-state index contributed by atoms with van der Waals surface area (Å²) in [7, 11) is 0. The molecule has 3 aromatic rings. The lowest BCUT2D eigenvalue weighted by Crippen LogP contribution is -2.55. The third-order valence-corrected chi connectivity index (χ3v) is 13.2. The fourth-order valence-electron chi connectivity index (χ4n) is 10.7. The number of aliphatic imine (C=N–C) groups is 1. The topological polar surface area (TPSA) is 154 Å². The van der Waals surface area contributed by atoms with E-state index in [0.29, 0.717) is 23.0 Å². The van der Waals surface area contributed by atoms with Gasteiger partial charge in [0.05, 0.1) is 0 Å². The molecule has 3 aliphatic carbocycles. The molecule has 3 N–H and O–H groups in total. The zero-order chi connectivity index (χ0) is 44.0. The molecular weight excluding hydrogens is 773 g/mol. The molecule has 0 spiro atoms. The maximum atomic E-state index is 14.0. The Morgan fingerprint density at radius 2 is 1.49 bits per heavy atom. The fraction of sp³-hybridized carbons (Fsp3) is 0.531. The predicted molar refractivity (Wildman–Crippen MR) is 234 cm³/mol. The molecule has 3 aliphatic rings. The maximum Gasteiger partial charge on any atom is 0.437 e. The van der Waals surface area contributed by atoms with Gasteiger partial charge in [-0.05, 0) is 141 Å². The lowest BCUT2D eigenvalue weighted by Gasteiger charge is -2.61. The number of nitrogens with one attached hydrogen (secondary N) is 3. The number of ether oxygens (including phenoxy) is 4. The summed E-state index contributed by atoms with van der Waals surface area (Å²) in [6, 6.07) is 21.2. The van der Waals surface area contributed by atoms with Crippen LogP contribution in [0.25, 0.3) is 0 Å². The Morgan fingerprint density at radius 1 is 0.836 bits per heavy atom. The number of guanidine groups is 1. The van der Waals surface area contributed by atoms with Crippen molar-refractivity contribution in [1.29, 1.82) is 0 Å². The quantitative estimate of drug-likeness (QED) is 0.0428. The van der Waals surface area contributed by atoms with E-state index in [2.05, 4.69) is 55.6 Å². The van der Waals surface area contributed by atoms with Gasteiger partial charge in [0.25, 0.3) is 0 Å². The van der Waals surface area contributed by atoms with Crippen molar-refractivity contribution < 1.29 is 38.1 Å². The van der Waals surface area contributed by atoms with E-state index in [1.54, 1.807) is 20.8 Å². The first-order valence-corrected chi connectivity index (χ1v) is 21.7. The van der Waals surface area contributed by atoms with Crippen LogP contribution in [-0.2, 0) is 44.1 Å². The molecule has 2 unspecified atom stereocenters. The first-order valence-electron chi connectivity index (χ1n) is 21.7. The lowest BCUT2D eigenvalue weighted by atomic mass is 9.43. The first-order chi connectivity index (χ1) is 28.9. The number of benzene rings is 3. The van der Waals surface area contributed by atoms with Crippen LogP contribution in [0.5, 0.6) is 5.75 Å². The Morgan fingerprint density at radius 3 is 2.15 bits per heavy atom. The average molecular weight is 837 g/mol. The summed E-state index contributed by atoms with van der Waals surface area (Å²) in [5.41, 5.74) is 5.12. The molecule has 0 aromatic heterocycles. The minimum absolute atomic E-state index is 0.000364. The van der Waals surface area contributed by atoms with Crippen molar-refractivity contribution >= 4 is 30.2 Å². The van der Waals surface area contributed by atoms with Gasteiger partial charge >= 0.3 is 24.2 Å². The van der Waals surface area contributed by atoms with E-state index >= 15 is 0 Å². The molecule has 0 saturated heterocycles. The normalized spacial score (nSPS) is 23.2. The number of rotatable bonds is 11. The molecule has 12 heteroatoms. The number of alkyl carbamates (subject to hydrolysis) is 2. The second kappa shape index (κ2) is 18.7. The number of esters is 1. The van der Waals surface area contributed by atoms with Crippen LogP contribution in [0.2, 0.25) is 0 Å². The highest BCUT2D eigenvalue weighted by Crippen LogP contribution is 2.68. The van der Waals surface area contributed by atoms with Crippen molar-refractivity contribution in [3.63, 3.8) is 0 Å². The zero-order valence-corrected chi connectivity index (χ0v) is 37.2. The average Bonchev–Trinajstić information content (AvgIpc) is 3.50.